The number of carbonyl (C=O) groups is 2. The number of Topliss-reactive ketones (excluding diaryl/α,β-unsaturated/α-hetero) is 1. The number of fused-ring (bicyclic) bond motifs is 1. The zero-order valence-corrected chi connectivity index (χ0v) is 20.0. The predicted molar refractivity (Wildman–Crippen MR) is 123 cm³/mol. The number of likely N-dealkylation sites (N-methyl/N-ethyl adjacent to an activating group) is 1. The summed E-state index contributed by atoms with van der Waals surface area (Å²) in [6, 6.07) is 8.85. The van der Waals surface area contributed by atoms with Crippen LogP contribution in [0, 0.1) is 6.92 Å². The van der Waals surface area contributed by atoms with Crippen molar-refractivity contribution in [2.75, 3.05) is 39.0 Å². The highest BCUT2D eigenvalue weighted by atomic mass is 79.9. The molecule has 0 spiro atoms. The van der Waals surface area contributed by atoms with Crippen LogP contribution in [0.5, 0.6) is 5.75 Å². The summed E-state index contributed by atoms with van der Waals surface area (Å²) in [4.78, 5) is 31.1. The van der Waals surface area contributed by atoms with E-state index in [2.05, 4.69) is 20.9 Å². The quantitative estimate of drug-likeness (QED) is 0.229. The van der Waals surface area contributed by atoms with Gasteiger partial charge >= 0.3 is 5.97 Å². The lowest BCUT2D eigenvalue weighted by Crippen LogP contribution is -2.26. The molecule has 0 atom stereocenters. The van der Waals surface area contributed by atoms with E-state index >= 15 is 0 Å². The highest BCUT2D eigenvalue weighted by Gasteiger charge is 2.20. The molecular weight excluding hydrogens is 480 g/mol. The summed E-state index contributed by atoms with van der Waals surface area (Å²) in [6.07, 6.45) is 0.0526. The van der Waals surface area contributed by atoms with Gasteiger partial charge in [-0.05, 0) is 41.1 Å². The fraction of sp³-hybridized carbons (Fsp3) is 0.348. The monoisotopic (exact) mass is 504 g/mol. The Balaban J connectivity index is 1.86. The third kappa shape index (κ3) is 5.46. The van der Waals surface area contributed by atoms with E-state index in [9.17, 15) is 9.59 Å². The fourth-order valence-electron chi connectivity index (χ4n) is 3.32. The maximum atomic E-state index is 13.0. The van der Waals surface area contributed by atoms with E-state index in [-0.39, 0.29) is 31.5 Å². The van der Waals surface area contributed by atoms with Crippen LogP contribution in [0.2, 0.25) is 0 Å². The lowest BCUT2D eigenvalue weighted by molar-refractivity contribution is -0.142. The molecular formula is C23H25BrN2O6. The number of ketones is 1. The van der Waals surface area contributed by atoms with Crippen LogP contribution in [0.1, 0.15) is 28.7 Å². The summed E-state index contributed by atoms with van der Waals surface area (Å²) in [5.41, 5.74) is 3.03. The number of ether oxygens (including phenoxy) is 3. The Morgan fingerprint density at radius 2 is 2.03 bits per heavy atom. The number of aryl methyl sites for hydroxylation is 1. The van der Waals surface area contributed by atoms with Gasteiger partial charge in [0.2, 0.25) is 0 Å². The van der Waals surface area contributed by atoms with Crippen molar-refractivity contribution in [3.63, 3.8) is 0 Å². The number of aromatic nitrogens is 1. The van der Waals surface area contributed by atoms with Crippen molar-refractivity contribution in [3.05, 3.63) is 51.8 Å². The molecule has 3 rings (SSSR count). The number of rotatable bonds is 10. The standard InChI is InChI=1S/C23H25BrN2O6/c1-5-30-21(28)11-15-7-6-8-18(23(15)31-13-29-4)26(3)12-19(27)16-9-17(24)22-20(10-16)32-14(2)25-22/h6-10H,5,11-13H2,1-4H3. The number of esters is 1. The van der Waals surface area contributed by atoms with Gasteiger partial charge in [-0.25, -0.2) is 4.98 Å². The minimum Gasteiger partial charge on any atom is -0.466 e. The molecule has 0 unspecified atom stereocenters. The number of carbonyl (C=O) groups excluding carboxylic acids is 2. The van der Waals surface area contributed by atoms with Gasteiger partial charge in [-0.1, -0.05) is 12.1 Å². The highest BCUT2D eigenvalue weighted by Crippen LogP contribution is 2.33. The Hall–Kier alpha value is -2.91. The van der Waals surface area contributed by atoms with Crippen LogP contribution in [-0.4, -0.2) is 50.8 Å². The zero-order chi connectivity index (χ0) is 23.3. The van der Waals surface area contributed by atoms with Gasteiger partial charge in [0, 0.05) is 36.7 Å². The first-order valence-electron chi connectivity index (χ1n) is 10.0. The molecule has 0 N–H and O–H groups in total. The van der Waals surface area contributed by atoms with Gasteiger partial charge in [0.25, 0.3) is 0 Å². The Morgan fingerprint density at radius 3 is 2.75 bits per heavy atom. The van der Waals surface area contributed by atoms with E-state index < -0.39 is 0 Å². The Morgan fingerprint density at radius 1 is 1.25 bits per heavy atom. The average molecular weight is 505 g/mol. The molecule has 1 heterocycles. The zero-order valence-electron chi connectivity index (χ0n) is 18.4. The van der Waals surface area contributed by atoms with E-state index in [1.54, 1.807) is 44.0 Å². The maximum absolute atomic E-state index is 13.0. The molecule has 0 radical (unpaired) electrons. The number of anilines is 1. The number of hydrogen-bond donors (Lipinski definition) is 0. The van der Waals surface area contributed by atoms with Gasteiger partial charge in [0.15, 0.2) is 24.0 Å². The van der Waals surface area contributed by atoms with Crippen LogP contribution in [-0.2, 0) is 20.7 Å². The van der Waals surface area contributed by atoms with Gasteiger partial charge in [-0.15, -0.1) is 0 Å². The predicted octanol–water partition coefficient (Wildman–Crippen LogP) is 4.31. The minimum atomic E-state index is -0.355. The number of para-hydroxylation sites is 1. The third-order valence-corrected chi connectivity index (χ3v) is 5.31. The molecule has 0 amide bonds. The van der Waals surface area contributed by atoms with Crippen molar-refractivity contribution in [2.45, 2.75) is 20.3 Å². The summed E-state index contributed by atoms with van der Waals surface area (Å²) in [5.74, 6) is 0.532. The summed E-state index contributed by atoms with van der Waals surface area (Å²) in [5, 5.41) is 0. The second-order valence-electron chi connectivity index (χ2n) is 7.11. The molecule has 0 saturated carbocycles. The number of oxazole rings is 1. The fourth-order valence-corrected chi connectivity index (χ4v) is 3.85. The van der Waals surface area contributed by atoms with Crippen LogP contribution >= 0.6 is 15.9 Å². The number of halogens is 1. The average Bonchev–Trinajstić information content (AvgIpc) is 3.13. The first-order chi connectivity index (χ1) is 15.3. The van der Waals surface area contributed by atoms with Crippen LogP contribution < -0.4 is 9.64 Å². The van der Waals surface area contributed by atoms with Crippen LogP contribution in [0.3, 0.4) is 0 Å². The van der Waals surface area contributed by atoms with Gasteiger partial charge in [0.05, 0.1) is 25.3 Å². The molecule has 9 heteroatoms. The van der Waals surface area contributed by atoms with Gasteiger partial charge in [0.1, 0.15) is 11.3 Å². The van der Waals surface area contributed by atoms with Crippen molar-refractivity contribution in [3.8, 4) is 5.75 Å². The molecule has 0 fully saturated rings. The lowest BCUT2D eigenvalue weighted by atomic mass is 10.1. The van der Waals surface area contributed by atoms with Crippen molar-refractivity contribution in [1.29, 1.82) is 0 Å². The van der Waals surface area contributed by atoms with E-state index in [1.165, 1.54) is 7.11 Å². The topological polar surface area (TPSA) is 91.1 Å². The number of methoxy groups -OCH3 is 1. The Labute approximate surface area is 194 Å². The van der Waals surface area contributed by atoms with E-state index in [4.69, 9.17) is 18.6 Å². The van der Waals surface area contributed by atoms with Crippen molar-refractivity contribution in [1.82, 2.24) is 4.98 Å². The minimum absolute atomic E-state index is 0.00306. The van der Waals surface area contributed by atoms with E-state index in [1.807, 2.05) is 12.1 Å². The summed E-state index contributed by atoms with van der Waals surface area (Å²) >= 11 is 3.46. The highest BCUT2D eigenvalue weighted by molar-refractivity contribution is 9.10. The molecule has 0 aliphatic rings. The molecule has 0 saturated heterocycles. The van der Waals surface area contributed by atoms with Crippen LogP contribution in [0.15, 0.2) is 39.2 Å². The molecule has 8 nitrogen and oxygen atoms in total. The second-order valence-corrected chi connectivity index (χ2v) is 7.97. The van der Waals surface area contributed by atoms with Crippen LogP contribution in [0.25, 0.3) is 11.1 Å². The number of hydrogen-bond acceptors (Lipinski definition) is 8. The lowest BCUT2D eigenvalue weighted by Gasteiger charge is -2.23. The number of benzene rings is 2. The molecule has 170 valence electrons. The first-order valence-corrected chi connectivity index (χ1v) is 10.8. The second kappa shape index (κ2) is 10.6. The molecule has 0 aliphatic heterocycles. The molecule has 0 aliphatic carbocycles. The molecule has 0 bridgehead atoms. The van der Waals surface area contributed by atoms with E-state index in [0.717, 1.165) is 0 Å². The van der Waals surface area contributed by atoms with Crippen molar-refractivity contribution < 1.29 is 28.2 Å². The third-order valence-electron chi connectivity index (χ3n) is 4.71. The van der Waals surface area contributed by atoms with Crippen molar-refractivity contribution in [2.24, 2.45) is 0 Å². The van der Waals surface area contributed by atoms with Gasteiger partial charge in [-0.3, -0.25) is 9.59 Å². The summed E-state index contributed by atoms with van der Waals surface area (Å²) in [7, 11) is 3.30. The SMILES string of the molecule is CCOC(=O)Cc1cccc(N(C)CC(=O)c2cc(Br)c3nc(C)oc3c2)c1OCOC. The molecule has 2 aromatic carbocycles. The smallest absolute Gasteiger partial charge is 0.310 e. The molecule has 32 heavy (non-hydrogen) atoms. The molecule has 1 aromatic heterocycles. The van der Waals surface area contributed by atoms with E-state index in [0.29, 0.717) is 50.6 Å². The first kappa shape index (κ1) is 23.7. The van der Waals surface area contributed by atoms with Gasteiger partial charge in [-0.2, -0.15) is 0 Å². The molecule has 3 aromatic rings. The summed E-state index contributed by atoms with van der Waals surface area (Å²) in [6.45, 7) is 3.89. The number of nitrogens with zero attached hydrogens (tertiary/aromatic N) is 2. The van der Waals surface area contributed by atoms with Crippen molar-refractivity contribution >= 4 is 44.5 Å². The maximum Gasteiger partial charge on any atom is 0.310 e. The van der Waals surface area contributed by atoms with Crippen LogP contribution in [0.4, 0.5) is 5.69 Å². The Bertz CT molecular complexity index is 1130. The Kier molecular flexibility index (Phi) is 7.87. The van der Waals surface area contributed by atoms with Gasteiger partial charge < -0.3 is 23.5 Å². The largest absolute Gasteiger partial charge is 0.466 e. The summed E-state index contributed by atoms with van der Waals surface area (Å²) < 4.78 is 22.2. The normalized spacial score (nSPS) is 10.9.